The molecule has 0 bridgehead atoms. The van der Waals surface area contributed by atoms with Crippen LogP contribution in [0.5, 0.6) is 0 Å². The fraction of sp³-hybridized carbons (Fsp3) is 0.239. The second-order valence-corrected chi connectivity index (χ2v) is 23.9. The first-order chi connectivity index (χ1) is 33.6. The van der Waals surface area contributed by atoms with E-state index < -0.39 is 0 Å². The van der Waals surface area contributed by atoms with Gasteiger partial charge >= 0.3 is 0 Å². The van der Waals surface area contributed by atoms with E-state index in [0.717, 1.165) is 49.9 Å². The van der Waals surface area contributed by atoms with Gasteiger partial charge in [-0.1, -0.05) is 168 Å². The third-order valence-electron chi connectivity index (χ3n) is 14.9. The van der Waals surface area contributed by atoms with Crippen molar-refractivity contribution in [3.05, 3.63) is 198 Å². The van der Waals surface area contributed by atoms with Crippen LogP contribution in [0.4, 0.5) is 4.39 Å². The summed E-state index contributed by atoms with van der Waals surface area (Å²) < 4.78 is 21.9. The lowest BCUT2D eigenvalue weighted by Crippen LogP contribution is -2.10. The van der Waals surface area contributed by atoms with Gasteiger partial charge in [-0.2, -0.15) is 0 Å². The Morgan fingerprint density at radius 2 is 0.690 bits per heavy atom. The minimum absolute atomic E-state index is 0.0198. The van der Waals surface area contributed by atoms with E-state index in [9.17, 15) is 0 Å². The summed E-state index contributed by atoms with van der Waals surface area (Å²) in [6.07, 6.45) is 1.91. The Morgan fingerprint density at radius 1 is 0.338 bits per heavy atom. The summed E-state index contributed by atoms with van der Waals surface area (Å²) in [7, 11) is 0. The number of rotatable bonds is 5. The van der Waals surface area contributed by atoms with E-state index >= 15 is 4.39 Å². The van der Waals surface area contributed by atoms with Crippen molar-refractivity contribution >= 4 is 54.4 Å². The third-order valence-corrected chi connectivity index (χ3v) is 14.9. The molecule has 0 fully saturated rings. The van der Waals surface area contributed by atoms with Crippen molar-refractivity contribution in [1.82, 2.24) is 14.1 Å². The van der Waals surface area contributed by atoms with Crippen LogP contribution in [-0.2, 0) is 21.7 Å². The standard InChI is InChI=1S/C67H64FN3/c1-64(2,3)43-24-32-58-53(36-43)54-37-44(65(4,5)6)25-33-59(54)70(58)47-28-20-41(21-29-47)49-18-15-19-52(62(49)68)63-51-17-14-13-16-50(51)57(40-69-63)42-22-30-48(31-23-42)71-60-34-26-45(66(7,8)9)38-55(60)56-39-46(67(10,11)12)27-35-61(56)71/h13-40H,1-12H3. The zero-order chi connectivity index (χ0) is 49.9. The van der Waals surface area contributed by atoms with Gasteiger partial charge in [0, 0.05) is 61.2 Å². The van der Waals surface area contributed by atoms with Crippen molar-refractivity contribution < 1.29 is 4.39 Å². The molecule has 0 aliphatic heterocycles. The molecule has 4 heteroatoms. The normalized spacial score (nSPS) is 12.9. The Hall–Kier alpha value is -7.30. The molecule has 0 unspecified atom stereocenters. The molecule has 0 N–H and O–H groups in total. The lowest BCUT2D eigenvalue weighted by atomic mass is 9.85. The fourth-order valence-electron chi connectivity index (χ4n) is 10.6. The molecule has 11 aromatic rings. The molecule has 11 rings (SSSR count). The molecule has 3 nitrogen and oxygen atoms in total. The molecule has 3 heterocycles. The zero-order valence-electron chi connectivity index (χ0n) is 43.4. The number of hydrogen-bond donors (Lipinski definition) is 0. The molecule has 0 spiro atoms. The van der Waals surface area contributed by atoms with Crippen LogP contribution in [0.3, 0.4) is 0 Å². The maximum Gasteiger partial charge on any atom is 0.140 e. The Kier molecular flexibility index (Phi) is 10.6. The number of aromatic nitrogens is 3. The molecule has 3 aromatic heterocycles. The maximum atomic E-state index is 17.2. The highest BCUT2D eigenvalue weighted by Crippen LogP contribution is 2.42. The summed E-state index contributed by atoms with van der Waals surface area (Å²) >= 11 is 0. The van der Waals surface area contributed by atoms with Gasteiger partial charge in [0.15, 0.2) is 0 Å². The highest BCUT2D eigenvalue weighted by Gasteiger charge is 2.24. The second-order valence-electron chi connectivity index (χ2n) is 23.9. The van der Waals surface area contributed by atoms with Crippen molar-refractivity contribution in [3.8, 4) is 44.9 Å². The lowest BCUT2D eigenvalue weighted by molar-refractivity contribution is 0.590. The van der Waals surface area contributed by atoms with Gasteiger partial charge < -0.3 is 9.13 Å². The molecule has 0 aliphatic carbocycles. The van der Waals surface area contributed by atoms with Gasteiger partial charge in [0.25, 0.3) is 0 Å². The van der Waals surface area contributed by atoms with E-state index in [2.05, 4.69) is 220 Å². The van der Waals surface area contributed by atoms with Crippen LogP contribution in [0.1, 0.15) is 105 Å². The fourth-order valence-corrected chi connectivity index (χ4v) is 10.6. The van der Waals surface area contributed by atoms with Crippen LogP contribution in [0, 0.1) is 5.82 Å². The number of pyridine rings is 1. The summed E-state index contributed by atoms with van der Waals surface area (Å²) in [5, 5.41) is 6.95. The van der Waals surface area contributed by atoms with E-state index in [4.69, 9.17) is 4.98 Å². The first-order valence-corrected chi connectivity index (χ1v) is 25.2. The van der Waals surface area contributed by atoms with E-state index in [0.29, 0.717) is 16.8 Å². The van der Waals surface area contributed by atoms with Crippen LogP contribution >= 0.6 is 0 Å². The largest absolute Gasteiger partial charge is 0.309 e. The number of benzene rings is 8. The minimum atomic E-state index is -0.285. The SMILES string of the molecule is CC(C)(C)c1ccc2c(c1)c1cc(C(C)(C)C)ccc1n2-c1ccc(-c2cccc(-c3ncc(-c4ccc(-n5c6ccc(C(C)(C)C)cc6c6cc(C(C)(C)C)ccc65)cc4)c4ccccc34)c2F)cc1. The molecular weight excluding hydrogens is 866 g/mol. The van der Waals surface area contributed by atoms with E-state index in [1.54, 1.807) is 0 Å². The minimum Gasteiger partial charge on any atom is -0.309 e. The van der Waals surface area contributed by atoms with Crippen LogP contribution in [0.15, 0.2) is 170 Å². The first-order valence-electron chi connectivity index (χ1n) is 25.2. The van der Waals surface area contributed by atoms with Crippen molar-refractivity contribution in [2.24, 2.45) is 0 Å². The van der Waals surface area contributed by atoms with Gasteiger partial charge in [-0.05, 0) is 139 Å². The molecule has 0 radical (unpaired) electrons. The quantitative estimate of drug-likeness (QED) is 0.169. The Bertz CT molecular complexity index is 3750. The molecule has 0 saturated carbocycles. The topological polar surface area (TPSA) is 22.8 Å². The molecule has 0 saturated heterocycles. The van der Waals surface area contributed by atoms with Crippen molar-refractivity contribution in [3.63, 3.8) is 0 Å². The molecule has 0 aliphatic rings. The number of nitrogens with zero attached hydrogens (tertiary/aromatic N) is 3. The van der Waals surface area contributed by atoms with Gasteiger partial charge in [0.2, 0.25) is 0 Å². The number of hydrogen-bond acceptors (Lipinski definition) is 1. The van der Waals surface area contributed by atoms with E-state index in [-0.39, 0.29) is 27.5 Å². The molecule has 0 amide bonds. The molecule has 71 heavy (non-hydrogen) atoms. The summed E-state index contributed by atoms with van der Waals surface area (Å²) in [4.78, 5) is 5.06. The molecular formula is C67H64FN3. The molecule has 8 aromatic carbocycles. The monoisotopic (exact) mass is 930 g/mol. The lowest BCUT2D eigenvalue weighted by Gasteiger charge is -2.19. The highest BCUT2D eigenvalue weighted by atomic mass is 19.1. The maximum absolute atomic E-state index is 17.2. The van der Waals surface area contributed by atoms with Gasteiger partial charge in [-0.15, -0.1) is 0 Å². The Labute approximate surface area is 418 Å². The van der Waals surface area contributed by atoms with Crippen LogP contribution in [-0.4, -0.2) is 14.1 Å². The highest BCUT2D eigenvalue weighted by molar-refractivity contribution is 6.11. The third kappa shape index (κ3) is 7.93. The van der Waals surface area contributed by atoms with E-state index in [1.807, 2.05) is 42.6 Å². The number of halogens is 1. The summed E-state index contributed by atoms with van der Waals surface area (Å²) in [6.45, 7) is 27.3. The zero-order valence-corrected chi connectivity index (χ0v) is 43.4. The average molecular weight is 930 g/mol. The first kappa shape index (κ1) is 46.1. The van der Waals surface area contributed by atoms with E-state index in [1.165, 1.54) is 54.8 Å². The molecule has 0 atom stereocenters. The predicted molar refractivity (Wildman–Crippen MR) is 301 cm³/mol. The van der Waals surface area contributed by atoms with Crippen molar-refractivity contribution in [2.45, 2.75) is 105 Å². The number of fused-ring (bicyclic) bond motifs is 7. The Morgan fingerprint density at radius 3 is 1.07 bits per heavy atom. The summed E-state index contributed by atoms with van der Waals surface area (Å²) in [6, 6.07) is 58.8. The average Bonchev–Trinajstić information content (AvgIpc) is 3.84. The van der Waals surface area contributed by atoms with Gasteiger partial charge in [0.05, 0.1) is 27.8 Å². The van der Waals surface area contributed by atoms with Gasteiger partial charge in [-0.25, -0.2) is 4.39 Å². The smallest absolute Gasteiger partial charge is 0.140 e. The van der Waals surface area contributed by atoms with Crippen LogP contribution in [0.25, 0.3) is 99.3 Å². The van der Waals surface area contributed by atoms with Gasteiger partial charge in [0.1, 0.15) is 5.82 Å². The predicted octanol–water partition coefficient (Wildman–Crippen LogP) is 18.8. The molecule has 354 valence electrons. The van der Waals surface area contributed by atoms with Crippen molar-refractivity contribution in [1.29, 1.82) is 0 Å². The summed E-state index contributed by atoms with van der Waals surface area (Å²) in [5.74, 6) is -0.285. The summed E-state index contributed by atoms with van der Waals surface area (Å²) in [5.41, 5.74) is 16.7. The second kappa shape index (κ2) is 16.4. The Balaban J connectivity index is 0.950. The van der Waals surface area contributed by atoms with Gasteiger partial charge in [-0.3, -0.25) is 4.98 Å². The van der Waals surface area contributed by atoms with Crippen LogP contribution < -0.4 is 0 Å². The van der Waals surface area contributed by atoms with Crippen molar-refractivity contribution in [2.75, 3.05) is 0 Å². The van der Waals surface area contributed by atoms with Crippen LogP contribution in [0.2, 0.25) is 0 Å².